The molecule has 0 atom stereocenters. The molecule has 2 amide bonds. The van der Waals surface area contributed by atoms with Crippen LogP contribution in [0.4, 0.5) is 46.3 Å². The monoisotopic (exact) mass is 530 g/mol. The van der Waals surface area contributed by atoms with Crippen molar-refractivity contribution in [2.45, 2.75) is 0 Å². The predicted molar refractivity (Wildman–Crippen MR) is 149 cm³/mol. The summed E-state index contributed by atoms with van der Waals surface area (Å²) in [6.07, 6.45) is 0. The van der Waals surface area contributed by atoms with E-state index in [1.165, 1.54) is 9.80 Å². The van der Waals surface area contributed by atoms with Crippen LogP contribution in [0.5, 0.6) is 0 Å². The molecular weight excluding hydrogens is 508 g/mol. The smallest absolute Gasteiger partial charge is 0.300 e. The molecule has 0 spiro atoms. The number of rotatable bonds is 4. The first-order valence-corrected chi connectivity index (χ1v) is 12.0. The van der Waals surface area contributed by atoms with Gasteiger partial charge in [-0.1, -0.05) is 49.5 Å². The minimum absolute atomic E-state index is 0.143. The van der Waals surface area contributed by atoms with Crippen LogP contribution < -0.4 is 9.80 Å². The molecule has 12 heteroatoms. The highest BCUT2D eigenvalue weighted by atomic mass is 16.2. The van der Waals surface area contributed by atoms with Gasteiger partial charge in [-0.05, 0) is 24.3 Å². The van der Waals surface area contributed by atoms with Gasteiger partial charge in [-0.2, -0.15) is 0 Å². The molecule has 1 aliphatic heterocycles. The van der Waals surface area contributed by atoms with E-state index in [2.05, 4.69) is 19.7 Å². The van der Waals surface area contributed by atoms with E-state index in [4.69, 9.17) is 23.1 Å². The average Bonchev–Trinajstić information content (AvgIpc) is 2.98. The average molecular weight is 531 g/mol. The third-order valence-electron chi connectivity index (χ3n) is 5.99. The SMILES string of the molecule is [C-]#[N+]c1nc2c(nc1[N+]#[C-])N(c1ccccc1)c1nc(C(=O)N(C)C)c(C(=O)N(C)C)nc1N2c1ccccc1. The number of aromatic nitrogens is 4. The summed E-state index contributed by atoms with van der Waals surface area (Å²) in [4.78, 5) is 58.0. The number of fused-ring (bicyclic) bond motifs is 2. The molecule has 0 fully saturated rings. The maximum Gasteiger partial charge on any atom is 0.300 e. The van der Waals surface area contributed by atoms with E-state index >= 15 is 0 Å². The molecule has 3 heterocycles. The van der Waals surface area contributed by atoms with Gasteiger partial charge in [0.1, 0.15) is 0 Å². The summed E-state index contributed by atoms with van der Waals surface area (Å²) < 4.78 is 0. The van der Waals surface area contributed by atoms with Crippen molar-refractivity contribution in [3.63, 3.8) is 0 Å². The van der Waals surface area contributed by atoms with Gasteiger partial charge in [-0.25, -0.2) is 9.97 Å². The maximum absolute atomic E-state index is 13.3. The van der Waals surface area contributed by atoms with Crippen LogP contribution in [0.2, 0.25) is 0 Å². The van der Waals surface area contributed by atoms with Gasteiger partial charge in [0.15, 0.2) is 23.0 Å². The van der Waals surface area contributed by atoms with Crippen LogP contribution in [-0.2, 0) is 0 Å². The molecule has 0 radical (unpaired) electrons. The van der Waals surface area contributed by atoms with E-state index in [1.807, 2.05) is 60.7 Å². The number of benzene rings is 2. The molecule has 5 rings (SSSR count). The summed E-state index contributed by atoms with van der Waals surface area (Å²) in [5.74, 6) is -0.557. The van der Waals surface area contributed by atoms with Crippen molar-refractivity contribution in [3.8, 4) is 0 Å². The minimum Gasteiger partial charge on any atom is -0.370 e. The first-order valence-electron chi connectivity index (χ1n) is 12.0. The molecule has 0 N–H and O–H groups in total. The van der Waals surface area contributed by atoms with Gasteiger partial charge in [-0.3, -0.25) is 19.4 Å². The van der Waals surface area contributed by atoms with Crippen molar-refractivity contribution in [1.82, 2.24) is 29.7 Å². The number of para-hydroxylation sites is 2. The van der Waals surface area contributed by atoms with Crippen molar-refractivity contribution in [2.75, 3.05) is 38.0 Å². The van der Waals surface area contributed by atoms with Gasteiger partial charge in [0.2, 0.25) is 0 Å². The van der Waals surface area contributed by atoms with Crippen molar-refractivity contribution in [2.24, 2.45) is 0 Å². The largest absolute Gasteiger partial charge is 0.370 e. The zero-order chi connectivity index (χ0) is 28.6. The Kier molecular flexibility index (Phi) is 6.51. The van der Waals surface area contributed by atoms with Crippen LogP contribution in [0.15, 0.2) is 60.7 Å². The van der Waals surface area contributed by atoms with E-state index in [0.29, 0.717) is 11.4 Å². The Balaban J connectivity index is 1.94. The molecule has 0 unspecified atom stereocenters. The molecule has 196 valence electrons. The van der Waals surface area contributed by atoms with E-state index in [-0.39, 0.29) is 46.3 Å². The zero-order valence-electron chi connectivity index (χ0n) is 22.1. The van der Waals surface area contributed by atoms with Crippen LogP contribution in [-0.4, -0.2) is 69.7 Å². The second-order valence-electron chi connectivity index (χ2n) is 9.05. The van der Waals surface area contributed by atoms with Gasteiger partial charge in [0, 0.05) is 28.2 Å². The second kappa shape index (κ2) is 10.1. The Hall–Kier alpha value is -5.88. The lowest BCUT2D eigenvalue weighted by molar-refractivity contribution is 0.0781. The molecule has 0 saturated carbocycles. The van der Waals surface area contributed by atoms with E-state index in [0.717, 1.165) is 0 Å². The summed E-state index contributed by atoms with van der Waals surface area (Å²) in [6.45, 7) is 15.2. The Morgan fingerprint density at radius 2 is 0.925 bits per heavy atom. The molecule has 4 aromatic rings. The Morgan fingerprint density at radius 3 is 1.23 bits per heavy atom. The first-order chi connectivity index (χ1) is 19.3. The number of carbonyl (C=O) groups excluding carboxylic acids is 2. The summed E-state index contributed by atoms with van der Waals surface area (Å²) in [5.41, 5.74) is 0.914. The summed E-state index contributed by atoms with van der Waals surface area (Å²) in [6, 6.07) is 18.2. The Bertz CT molecular complexity index is 1600. The molecular formula is C28H22N10O2. The molecule has 12 nitrogen and oxygen atoms in total. The standard InChI is InChI=1S/C28H22N10O2/c1-29-21-22(30-2)34-26-25(33-21)37(17-13-9-7-10-14-17)23-24(38(26)18-15-11-8-12-16-18)32-20(28(40)36(5)6)19(31-23)27(39)35(3)4/h7-16H,3-6H3. The van der Waals surface area contributed by atoms with Crippen molar-refractivity contribution < 1.29 is 9.59 Å². The normalized spacial score (nSPS) is 11.6. The van der Waals surface area contributed by atoms with E-state index < -0.39 is 11.8 Å². The topological polar surface area (TPSA) is 107 Å². The Morgan fingerprint density at radius 1 is 0.600 bits per heavy atom. The molecule has 40 heavy (non-hydrogen) atoms. The van der Waals surface area contributed by atoms with Gasteiger partial charge >= 0.3 is 11.6 Å². The van der Waals surface area contributed by atoms with Crippen molar-refractivity contribution in [1.29, 1.82) is 0 Å². The molecule has 0 saturated heterocycles. The third-order valence-corrected chi connectivity index (χ3v) is 5.99. The molecule has 0 bridgehead atoms. The fraction of sp³-hybridized carbons (Fsp3) is 0.143. The number of nitrogens with zero attached hydrogens (tertiary/aromatic N) is 10. The predicted octanol–water partition coefficient (Wildman–Crippen LogP) is 5.02. The fourth-order valence-corrected chi connectivity index (χ4v) is 4.13. The third kappa shape index (κ3) is 4.19. The van der Waals surface area contributed by atoms with E-state index in [9.17, 15) is 9.59 Å². The minimum atomic E-state index is -0.512. The van der Waals surface area contributed by atoms with Crippen LogP contribution in [0, 0.1) is 13.1 Å². The number of hydrogen-bond donors (Lipinski definition) is 0. The molecule has 2 aromatic carbocycles. The first kappa shape index (κ1) is 25.8. The number of amides is 2. The van der Waals surface area contributed by atoms with Crippen LogP contribution in [0.25, 0.3) is 9.69 Å². The highest BCUT2D eigenvalue weighted by Gasteiger charge is 2.43. The lowest BCUT2D eigenvalue weighted by Gasteiger charge is -2.34. The highest BCUT2D eigenvalue weighted by molar-refractivity contribution is 6.07. The summed E-state index contributed by atoms with van der Waals surface area (Å²) >= 11 is 0. The quantitative estimate of drug-likeness (QED) is 0.298. The van der Waals surface area contributed by atoms with Gasteiger partial charge in [-0.15, -0.1) is 9.97 Å². The number of anilines is 6. The van der Waals surface area contributed by atoms with Gasteiger partial charge in [0.25, 0.3) is 23.5 Å². The molecule has 0 aliphatic carbocycles. The fourth-order valence-electron chi connectivity index (χ4n) is 4.13. The van der Waals surface area contributed by atoms with E-state index in [1.54, 1.807) is 38.0 Å². The van der Waals surface area contributed by atoms with Gasteiger partial charge < -0.3 is 19.5 Å². The maximum atomic E-state index is 13.3. The van der Waals surface area contributed by atoms with Gasteiger partial charge in [0.05, 0.1) is 11.4 Å². The van der Waals surface area contributed by atoms with Crippen LogP contribution in [0.1, 0.15) is 21.0 Å². The van der Waals surface area contributed by atoms with Crippen LogP contribution in [0.3, 0.4) is 0 Å². The lowest BCUT2D eigenvalue weighted by atomic mass is 10.1. The zero-order valence-corrected chi connectivity index (χ0v) is 22.1. The Labute approximate surface area is 230 Å². The summed E-state index contributed by atoms with van der Waals surface area (Å²) in [5, 5.41) is 0. The summed E-state index contributed by atoms with van der Waals surface area (Å²) in [7, 11) is 6.25. The second-order valence-corrected chi connectivity index (χ2v) is 9.05. The lowest BCUT2D eigenvalue weighted by Crippen LogP contribution is -2.34. The van der Waals surface area contributed by atoms with Crippen molar-refractivity contribution >= 4 is 58.1 Å². The molecule has 1 aliphatic rings. The van der Waals surface area contributed by atoms with Crippen LogP contribution >= 0.6 is 0 Å². The highest BCUT2D eigenvalue weighted by Crippen LogP contribution is 2.52. The molecule has 2 aromatic heterocycles. The van der Waals surface area contributed by atoms with Crippen molar-refractivity contribution in [3.05, 3.63) is 94.9 Å². The number of hydrogen-bond acceptors (Lipinski definition) is 8. The number of carbonyl (C=O) groups is 2.